The fourth-order valence-corrected chi connectivity index (χ4v) is 2.68. The molecule has 0 atom stereocenters. The van der Waals surface area contributed by atoms with Crippen molar-refractivity contribution in [2.75, 3.05) is 19.1 Å². The van der Waals surface area contributed by atoms with Crippen LogP contribution in [0, 0.1) is 5.82 Å². The number of nitrogens with two attached hydrogens (primary N) is 1. The van der Waals surface area contributed by atoms with Gasteiger partial charge in [0.05, 0.1) is 12.8 Å². The van der Waals surface area contributed by atoms with Crippen molar-refractivity contribution in [3.8, 4) is 17.0 Å². The lowest BCUT2D eigenvalue weighted by Crippen LogP contribution is -2.05. The molecule has 0 bridgehead atoms. The SMILES string of the molecule is COc1ccc(-c2cc(N)n[nH]2)c(F)c1S(C)(=O)=O. The summed E-state index contributed by atoms with van der Waals surface area (Å²) in [5, 5.41) is 6.20. The van der Waals surface area contributed by atoms with Crippen LogP contribution in [0.15, 0.2) is 23.1 Å². The lowest BCUT2D eigenvalue weighted by molar-refractivity contribution is 0.395. The smallest absolute Gasteiger partial charge is 0.182 e. The molecule has 0 aliphatic heterocycles. The Morgan fingerprint density at radius 1 is 1.42 bits per heavy atom. The van der Waals surface area contributed by atoms with E-state index in [2.05, 4.69) is 10.2 Å². The zero-order chi connectivity index (χ0) is 14.2. The number of benzene rings is 1. The van der Waals surface area contributed by atoms with Gasteiger partial charge in [-0.15, -0.1) is 0 Å². The Hall–Kier alpha value is -2.09. The number of rotatable bonds is 3. The summed E-state index contributed by atoms with van der Waals surface area (Å²) in [4.78, 5) is -0.485. The van der Waals surface area contributed by atoms with Gasteiger partial charge < -0.3 is 10.5 Å². The van der Waals surface area contributed by atoms with E-state index in [1.807, 2.05) is 0 Å². The molecule has 0 fully saturated rings. The van der Waals surface area contributed by atoms with Gasteiger partial charge in [-0.2, -0.15) is 5.10 Å². The van der Waals surface area contributed by atoms with Crippen LogP contribution in [0.4, 0.5) is 10.2 Å². The Bertz CT molecular complexity index is 725. The van der Waals surface area contributed by atoms with E-state index in [1.165, 1.54) is 25.3 Å². The Morgan fingerprint density at radius 2 is 2.11 bits per heavy atom. The van der Waals surface area contributed by atoms with Crippen LogP contribution in [-0.4, -0.2) is 32.0 Å². The predicted octanol–water partition coefficient (Wildman–Crippen LogP) is 1.21. The molecule has 0 saturated heterocycles. The minimum atomic E-state index is -3.77. The maximum atomic E-state index is 14.4. The summed E-state index contributed by atoms with van der Waals surface area (Å²) in [7, 11) is -2.49. The van der Waals surface area contributed by atoms with Crippen LogP contribution in [0.1, 0.15) is 0 Å². The van der Waals surface area contributed by atoms with Crippen LogP contribution in [0.5, 0.6) is 5.75 Å². The van der Waals surface area contributed by atoms with Gasteiger partial charge in [0.15, 0.2) is 15.7 Å². The number of hydrogen-bond donors (Lipinski definition) is 2. The first-order valence-electron chi connectivity index (χ1n) is 5.22. The molecule has 6 nitrogen and oxygen atoms in total. The normalized spacial score (nSPS) is 11.5. The minimum Gasteiger partial charge on any atom is -0.495 e. The molecule has 0 aliphatic carbocycles. The molecule has 0 saturated carbocycles. The van der Waals surface area contributed by atoms with Crippen molar-refractivity contribution in [3.05, 3.63) is 24.0 Å². The van der Waals surface area contributed by atoms with Crippen molar-refractivity contribution < 1.29 is 17.5 Å². The van der Waals surface area contributed by atoms with Gasteiger partial charge in [0, 0.05) is 17.9 Å². The molecule has 8 heteroatoms. The third-order valence-corrected chi connectivity index (χ3v) is 3.66. The Labute approximate surface area is 109 Å². The second-order valence-electron chi connectivity index (χ2n) is 3.94. The molecule has 2 rings (SSSR count). The summed E-state index contributed by atoms with van der Waals surface area (Å²) in [6, 6.07) is 4.19. The fourth-order valence-electron chi connectivity index (χ4n) is 1.73. The highest BCUT2D eigenvalue weighted by Crippen LogP contribution is 2.33. The Morgan fingerprint density at radius 3 is 2.58 bits per heavy atom. The quantitative estimate of drug-likeness (QED) is 0.883. The number of ether oxygens (including phenoxy) is 1. The number of hydrogen-bond acceptors (Lipinski definition) is 5. The molecule has 1 aromatic heterocycles. The maximum Gasteiger partial charge on any atom is 0.182 e. The van der Waals surface area contributed by atoms with Gasteiger partial charge in [0.2, 0.25) is 0 Å². The highest BCUT2D eigenvalue weighted by molar-refractivity contribution is 7.90. The van der Waals surface area contributed by atoms with Gasteiger partial charge in [-0.25, -0.2) is 12.8 Å². The second kappa shape index (κ2) is 4.54. The topological polar surface area (TPSA) is 98.1 Å². The molecular weight excluding hydrogens is 273 g/mol. The minimum absolute atomic E-state index is 0.0452. The Kier molecular flexibility index (Phi) is 3.19. The van der Waals surface area contributed by atoms with Gasteiger partial charge in [-0.3, -0.25) is 5.10 Å². The molecule has 1 aromatic carbocycles. The van der Waals surface area contributed by atoms with Crippen LogP contribution >= 0.6 is 0 Å². The third-order valence-electron chi connectivity index (χ3n) is 2.54. The lowest BCUT2D eigenvalue weighted by Gasteiger charge is -2.10. The zero-order valence-electron chi connectivity index (χ0n) is 10.3. The molecule has 19 heavy (non-hydrogen) atoms. The molecule has 0 spiro atoms. The molecule has 2 aromatic rings. The van der Waals surface area contributed by atoms with Gasteiger partial charge in [0.1, 0.15) is 16.5 Å². The second-order valence-corrected chi connectivity index (χ2v) is 5.89. The molecule has 0 radical (unpaired) electrons. The van der Waals surface area contributed by atoms with E-state index >= 15 is 0 Å². The van der Waals surface area contributed by atoms with Crippen LogP contribution in [-0.2, 0) is 9.84 Å². The lowest BCUT2D eigenvalue weighted by atomic mass is 10.1. The average molecular weight is 285 g/mol. The summed E-state index contributed by atoms with van der Waals surface area (Å²) in [6.45, 7) is 0. The number of nitrogens with zero attached hydrogens (tertiary/aromatic N) is 1. The molecule has 102 valence electrons. The van der Waals surface area contributed by atoms with Crippen molar-refractivity contribution in [3.63, 3.8) is 0 Å². The number of methoxy groups -OCH3 is 1. The predicted molar refractivity (Wildman–Crippen MR) is 68.1 cm³/mol. The monoisotopic (exact) mass is 285 g/mol. The van der Waals surface area contributed by atoms with Crippen molar-refractivity contribution >= 4 is 15.7 Å². The maximum absolute atomic E-state index is 14.4. The van der Waals surface area contributed by atoms with Crippen LogP contribution < -0.4 is 10.5 Å². The van der Waals surface area contributed by atoms with E-state index in [1.54, 1.807) is 0 Å². The first-order valence-corrected chi connectivity index (χ1v) is 7.11. The largest absolute Gasteiger partial charge is 0.495 e. The Balaban J connectivity index is 2.73. The number of anilines is 1. The van der Waals surface area contributed by atoms with Crippen LogP contribution in [0.3, 0.4) is 0 Å². The van der Waals surface area contributed by atoms with E-state index in [9.17, 15) is 12.8 Å². The number of nitrogens with one attached hydrogen (secondary N) is 1. The van der Waals surface area contributed by atoms with E-state index in [0.717, 1.165) is 6.26 Å². The first kappa shape index (κ1) is 13.3. The number of nitrogen functional groups attached to an aromatic ring is 1. The summed E-state index contributed by atoms with van der Waals surface area (Å²) in [5.74, 6) is -0.757. The molecule has 1 heterocycles. The fraction of sp³-hybridized carbons (Fsp3) is 0.182. The standard InChI is InChI=1S/C11H12FN3O3S/c1-18-8-4-3-6(7-5-9(13)15-14-7)10(12)11(8)19(2,16)17/h3-5H,1-2H3,(H3,13,14,15). The summed E-state index contributed by atoms with van der Waals surface area (Å²) < 4.78 is 42.5. The first-order chi connectivity index (χ1) is 8.84. The molecular formula is C11H12FN3O3S. The van der Waals surface area contributed by atoms with Gasteiger partial charge in [0.25, 0.3) is 0 Å². The van der Waals surface area contributed by atoms with Crippen molar-refractivity contribution in [1.29, 1.82) is 0 Å². The van der Waals surface area contributed by atoms with Crippen molar-refractivity contribution in [1.82, 2.24) is 10.2 Å². The molecule has 0 amide bonds. The van der Waals surface area contributed by atoms with Crippen LogP contribution in [0.2, 0.25) is 0 Å². The highest BCUT2D eigenvalue weighted by atomic mass is 32.2. The van der Waals surface area contributed by atoms with Gasteiger partial charge >= 0.3 is 0 Å². The highest BCUT2D eigenvalue weighted by Gasteiger charge is 2.24. The molecule has 3 N–H and O–H groups in total. The van der Waals surface area contributed by atoms with E-state index in [4.69, 9.17) is 10.5 Å². The van der Waals surface area contributed by atoms with Gasteiger partial charge in [-0.05, 0) is 12.1 Å². The number of H-pyrrole nitrogens is 1. The van der Waals surface area contributed by atoms with Crippen LogP contribution in [0.25, 0.3) is 11.3 Å². The van der Waals surface area contributed by atoms with E-state index in [0.29, 0.717) is 5.69 Å². The van der Waals surface area contributed by atoms with Gasteiger partial charge in [-0.1, -0.05) is 0 Å². The average Bonchev–Trinajstić information content (AvgIpc) is 2.73. The third kappa shape index (κ3) is 2.39. The zero-order valence-corrected chi connectivity index (χ0v) is 11.1. The summed E-state index contributed by atoms with van der Waals surface area (Å²) in [5.41, 5.74) is 5.79. The van der Waals surface area contributed by atoms with E-state index < -0.39 is 20.5 Å². The summed E-state index contributed by atoms with van der Waals surface area (Å²) >= 11 is 0. The van der Waals surface area contributed by atoms with E-state index in [-0.39, 0.29) is 17.1 Å². The number of aromatic amines is 1. The van der Waals surface area contributed by atoms with Crippen molar-refractivity contribution in [2.45, 2.75) is 4.90 Å². The summed E-state index contributed by atoms with van der Waals surface area (Å²) in [6.07, 6.45) is 0.916. The number of halogens is 1. The molecule has 0 aliphatic rings. The number of aromatic nitrogens is 2. The molecule has 0 unspecified atom stereocenters. The number of sulfone groups is 1. The van der Waals surface area contributed by atoms with Crippen molar-refractivity contribution in [2.24, 2.45) is 0 Å².